The summed E-state index contributed by atoms with van der Waals surface area (Å²) in [6.07, 6.45) is 1.88. The summed E-state index contributed by atoms with van der Waals surface area (Å²) in [5.41, 5.74) is 1.05. The van der Waals surface area contributed by atoms with E-state index in [1.165, 1.54) is 4.70 Å². The van der Waals surface area contributed by atoms with Crippen LogP contribution in [0.2, 0.25) is 0 Å². The number of amides is 2. The molecule has 29 heavy (non-hydrogen) atoms. The standard InChI is InChI=1S/C22H23N3O3S/c26-22(23-12-16-14-27-18-8-2-3-9-19(18)28-16)25-11-5-6-15(13-25)21-24-17-7-1-4-10-20(17)29-21/h1-4,7-10,15-16H,5-6,11-14H2,(H,23,26)/t15-,16+/m0/s1. The van der Waals surface area contributed by atoms with Crippen LogP contribution in [0, 0.1) is 0 Å². The Bertz CT molecular complexity index is 988. The van der Waals surface area contributed by atoms with Crippen molar-refractivity contribution in [2.75, 3.05) is 26.2 Å². The summed E-state index contributed by atoms with van der Waals surface area (Å²) in [5.74, 6) is 1.78. The Labute approximate surface area is 173 Å². The van der Waals surface area contributed by atoms with Crippen molar-refractivity contribution >= 4 is 27.6 Å². The normalized spacial score (nSPS) is 21.2. The average molecular weight is 410 g/mol. The van der Waals surface area contributed by atoms with Crippen molar-refractivity contribution in [3.8, 4) is 11.5 Å². The number of urea groups is 1. The first kappa shape index (κ1) is 18.2. The van der Waals surface area contributed by atoms with E-state index in [1.807, 2.05) is 47.4 Å². The molecule has 1 fully saturated rings. The van der Waals surface area contributed by atoms with Crippen LogP contribution >= 0.6 is 11.3 Å². The Balaban J connectivity index is 1.18. The maximum absolute atomic E-state index is 12.7. The number of hydrogen-bond acceptors (Lipinski definition) is 5. The molecule has 2 aliphatic heterocycles. The molecule has 3 aromatic rings. The summed E-state index contributed by atoms with van der Waals surface area (Å²) >= 11 is 1.74. The maximum Gasteiger partial charge on any atom is 0.317 e. The average Bonchev–Trinajstić information content (AvgIpc) is 3.22. The number of aromatic nitrogens is 1. The van der Waals surface area contributed by atoms with Crippen molar-refractivity contribution in [3.05, 3.63) is 53.5 Å². The molecule has 0 bridgehead atoms. The highest BCUT2D eigenvalue weighted by Gasteiger charge is 2.28. The molecule has 0 unspecified atom stereocenters. The molecular weight excluding hydrogens is 386 g/mol. The summed E-state index contributed by atoms with van der Waals surface area (Å²) in [6, 6.07) is 15.8. The first-order valence-corrected chi connectivity index (χ1v) is 10.8. The molecule has 2 atom stereocenters. The van der Waals surface area contributed by atoms with E-state index in [0.717, 1.165) is 41.4 Å². The van der Waals surface area contributed by atoms with Crippen LogP contribution in [0.1, 0.15) is 23.8 Å². The monoisotopic (exact) mass is 409 g/mol. The van der Waals surface area contributed by atoms with Crippen LogP contribution in [0.5, 0.6) is 11.5 Å². The smallest absolute Gasteiger partial charge is 0.317 e. The largest absolute Gasteiger partial charge is 0.486 e. The van der Waals surface area contributed by atoms with Crippen molar-refractivity contribution in [2.24, 2.45) is 0 Å². The highest BCUT2D eigenvalue weighted by atomic mass is 32.1. The summed E-state index contributed by atoms with van der Waals surface area (Å²) < 4.78 is 12.9. The fourth-order valence-electron chi connectivity index (χ4n) is 3.90. The second kappa shape index (κ2) is 7.91. The Hall–Kier alpha value is -2.80. The van der Waals surface area contributed by atoms with Gasteiger partial charge < -0.3 is 19.7 Å². The minimum Gasteiger partial charge on any atom is -0.486 e. The maximum atomic E-state index is 12.7. The highest BCUT2D eigenvalue weighted by molar-refractivity contribution is 7.18. The third kappa shape index (κ3) is 3.87. The third-order valence-electron chi connectivity index (χ3n) is 5.42. The van der Waals surface area contributed by atoms with E-state index in [4.69, 9.17) is 14.5 Å². The van der Waals surface area contributed by atoms with Crippen LogP contribution in [0.3, 0.4) is 0 Å². The van der Waals surface area contributed by atoms with Gasteiger partial charge in [0.05, 0.1) is 21.8 Å². The van der Waals surface area contributed by atoms with Gasteiger partial charge >= 0.3 is 6.03 Å². The van der Waals surface area contributed by atoms with E-state index in [9.17, 15) is 4.79 Å². The first-order chi connectivity index (χ1) is 14.3. The molecule has 0 aliphatic carbocycles. The lowest BCUT2D eigenvalue weighted by molar-refractivity contribution is 0.0894. The number of piperidine rings is 1. The van der Waals surface area contributed by atoms with Crippen LogP contribution < -0.4 is 14.8 Å². The number of nitrogens with one attached hydrogen (secondary N) is 1. The van der Waals surface area contributed by atoms with E-state index in [2.05, 4.69) is 11.4 Å². The lowest BCUT2D eigenvalue weighted by Gasteiger charge is -2.33. The van der Waals surface area contributed by atoms with Crippen molar-refractivity contribution < 1.29 is 14.3 Å². The zero-order chi connectivity index (χ0) is 19.6. The van der Waals surface area contributed by atoms with Gasteiger partial charge in [-0.05, 0) is 37.1 Å². The quantitative estimate of drug-likeness (QED) is 0.710. The molecule has 1 N–H and O–H groups in total. The van der Waals surface area contributed by atoms with Crippen LogP contribution in [-0.4, -0.2) is 48.3 Å². The second-order valence-corrected chi connectivity index (χ2v) is 8.55. The summed E-state index contributed by atoms with van der Waals surface area (Å²) in [5, 5.41) is 4.15. The number of para-hydroxylation sites is 3. The van der Waals surface area contributed by atoms with Gasteiger partial charge in [-0.25, -0.2) is 9.78 Å². The van der Waals surface area contributed by atoms with Crippen molar-refractivity contribution in [1.82, 2.24) is 15.2 Å². The van der Waals surface area contributed by atoms with E-state index < -0.39 is 0 Å². The fourth-order valence-corrected chi connectivity index (χ4v) is 5.00. The van der Waals surface area contributed by atoms with Gasteiger partial charge in [0.15, 0.2) is 17.6 Å². The zero-order valence-corrected chi connectivity index (χ0v) is 16.9. The zero-order valence-electron chi connectivity index (χ0n) is 16.0. The predicted molar refractivity (Wildman–Crippen MR) is 113 cm³/mol. The summed E-state index contributed by atoms with van der Waals surface area (Å²) in [7, 11) is 0. The Morgan fingerprint density at radius 1 is 1.17 bits per heavy atom. The molecule has 3 heterocycles. The molecule has 6 nitrogen and oxygen atoms in total. The van der Waals surface area contributed by atoms with Crippen molar-refractivity contribution in [2.45, 2.75) is 24.9 Å². The number of nitrogens with zero attached hydrogens (tertiary/aromatic N) is 2. The SMILES string of the molecule is O=C(NC[C@@H]1COc2ccccc2O1)N1CCC[C@H](c2nc3ccccc3s2)C1. The van der Waals surface area contributed by atoms with E-state index in [1.54, 1.807) is 11.3 Å². The van der Waals surface area contributed by atoms with Gasteiger partial charge in [0.25, 0.3) is 0 Å². The number of rotatable bonds is 3. The molecule has 0 radical (unpaired) electrons. The van der Waals surface area contributed by atoms with Gasteiger partial charge in [-0.3, -0.25) is 0 Å². The number of benzene rings is 2. The minimum absolute atomic E-state index is 0.0433. The molecule has 7 heteroatoms. The molecule has 2 aliphatic rings. The number of hydrogen-bond donors (Lipinski definition) is 1. The number of likely N-dealkylation sites (tertiary alicyclic amines) is 1. The van der Waals surface area contributed by atoms with Crippen LogP contribution in [0.15, 0.2) is 48.5 Å². The molecule has 5 rings (SSSR count). The third-order valence-corrected chi connectivity index (χ3v) is 6.62. The Kier molecular flexibility index (Phi) is 4.97. The van der Waals surface area contributed by atoms with Crippen molar-refractivity contribution in [1.29, 1.82) is 0 Å². The minimum atomic E-state index is -0.182. The molecule has 0 spiro atoms. The van der Waals surface area contributed by atoms with Crippen LogP contribution in [0.25, 0.3) is 10.2 Å². The number of carbonyl (C=O) groups excluding carboxylic acids is 1. The second-order valence-electron chi connectivity index (χ2n) is 7.49. The molecule has 2 aromatic carbocycles. The Morgan fingerprint density at radius 3 is 2.90 bits per heavy atom. The van der Waals surface area contributed by atoms with Gasteiger partial charge in [-0.1, -0.05) is 24.3 Å². The predicted octanol–water partition coefficient (Wildman–Crippen LogP) is 4.03. The summed E-state index contributed by atoms with van der Waals surface area (Å²) in [6.45, 7) is 2.34. The van der Waals surface area contributed by atoms with E-state index in [-0.39, 0.29) is 12.1 Å². The molecule has 0 saturated carbocycles. The van der Waals surface area contributed by atoms with Gasteiger partial charge in [0, 0.05) is 19.0 Å². The number of ether oxygens (including phenoxy) is 2. The first-order valence-electron chi connectivity index (χ1n) is 10.0. The van der Waals surface area contributed by atoms with Gasteiger partial charge in [0.1, 0.15) is 6.61 Å². The molecule has 1 aromatic heterocycles. The Morgan fingerprint density at radius 2 is 2.00 bits per heavy atom. The number of thiazole rings is 1. The van der Waals surface area contributed by atoms with E-state index in [0.29, 0.717) is 25.6 Å². The number of carbonyl (C=O) groups is 1. The van der Waals surface area contributed by atoms with Crippen LogP contribution in [-0.2, 0) is 0 Å². The van der Waals surface area contributed by atoms with Gasteiger partial charge in [0.2, 0.25) is 0 Å². The molecule has 1 saturated heterocycles. The number of fused-ring (bicyclic) bond motifs is 2. The summed E-state index contributed by atoms with van der Waals surface area (Å²) in [4.78, 5) is 19.4. The topological polar surface area (TPSA) is 63.7 Å². The lowest BCUT2D eigenvalue weighted by Crippen LogP contribution is -2.48. The molecular formula is C22H23N3O3S. The highest BCUT2D eigenvalue weighted by Crippen LogP contribution is 2.33. The van der Waals surface area contributed by atoms with Crippen molar-refractivity contribution in [3.63, 3.8) is 0 Å². The van der Waals surface area contributed by atoms with Gasteiger partial charge in [-0.15, -0.1) is 11.3 Å². The molecule has 150 valence electrons. The van der Waals surface area contributed by atoms with Crippen LogP contribution in [0.4, 0.5) is 4.79 Å². The van der Waals surface area contributed by atoms with E-state index >= 15 is 0 Å². The fraction of sp³-hybridized carbons (Fsp3) is 0.364. The molecule has 2 amide bonds. The van der Waals surface area contributed by atoms with Gasteiger partial charge in [-0.2, -0.15) is 0 Å². The lowest BCUT2D eigenvalue weighted by atomic mass is 9.99.